The molecule has 3 nitrogen and oxygen atoms in total. The molecule has 2 aliphatic carbocycles. The molecule has 28 heavy (non-hydrogen) atoms. The van der Waals surface area contributed by atoms with Crippen LogP contribution in [0.15, 0.2) is 36.0 Å². The molecule has 1 unspecified atom stereocenters. The lowest BCUT2D eigenvalue weighted by atomic mass is 9.69. The van der Waals surface area contributed by atoms with Crippen LogP contribution in [0.4, 0.5) is 0 Å². The summed E-state index contributed by atoms with van der Waals surface area (Å²) < 4.78 is 0. The van der Waals surface area contributed by atoms with Crippen molar-refractivity contribution in [3.8, 4) is 0 Å². The van der Waals surface area contributed by atoms with Crippen molar-refractivity contribution in [2.45, 2.75) is 97.4 Å². The Morgan fingerprint density at radius 2 is 1.93 bits per heavy atom. The van der Waals surface area contributed by atoms with Gasteiger partial charge in [0.15, 0.2) is 0 Å². The smallest absolute Gasteiger partial charge is 0.0811 e. The molecule has 0 aromatic rings. The monoisotopic (exact) mass is 390 g/mol. The number of allylic oxidation sites excluding steroid dienone is 3. The summed E-state index contributed by atoms with van der Waals surface area (Å²) in [5.74, 6) is 1.90. The zero-order valence-corrected chi connectivity index (χ0v) is 18.6. The fourth-order valence-corrected chi connectivity index (χ4v) is 5.36. The second-order valence-corrected chi connectivity index (χ2v) is 10.5. The molecule has 2 saturated carbocycles. The highest BCUT2D eigenvalue weighted by atomic mass is 16.3. The number of rotatable bonds is 7. The molecule has 0 aromatic heterocycles. The molecule has 2 fully saturated rings. The van der Waals surface area contributed by atoms with E-state index in [-0.39, 0.29) is 5.41 Å². The van der Waals surface area contributed by atoms with Crippen LogP contribution in [0.3, 0.4) is 0 Å². The zero-order chi connectivity index (χ0) is 21.1. The predicted molar refractivity (Wildman–Crippen MR) is 117 cm³/mol. The van der Waals surface area contributed by atoms with Crippen LogP contribution in [0.1, 0.15) is 79.6 Å². The van der Waals surface area contributed by atoms with E-state index in [2.05, 4.69) is 39.5 Å². The van der Waals surface area contributed by atoms with E-state index in [1.807, 2.05) is 19.9 Å². The zero-order valence-electron chi connectivity index (χ0n) is 18.6. The largest absolute Gasteiger partial charge is 0.393 e. The van der Waals surface area contributed by atoms with Gasteiger partial charge in [0.05, 0.1) is 17.8 Å². The molecule has 160 valence electrons. The Bertz CT molecular complexity index is 593. The quantitative estimate of drug-likeness (QED) is 0.562. The van der Waals surface area contributed by atoms with Crippen molar-refractivity contribution in [1.29, 1.82) is 0 Å². The van der Waals surface area contributed by atoms with Gasteiger partial charge in [0.25, 0.3) is 0 Å². The first-order valence-electron chi connectivity index (χ1n) is 11.1. The van der Waals surface area contributed by atoms with Gasteiger partial charge >= 0.3 is 0 Å². The number of hydrogen-bond donors (Lipinski definition) is 3. The first kappa shape index (κ1) is 23.4. The number of aliphatic hydroxyl groups is 3. The van der Waals surface area contributed by atoms with E-state index in [4.69, 9.17) is 0 Å². The molecule has 0 radical (unpaired) electrons. The Hall–Kier alpha value is -0.900. The Morgan fingerprint density at radius 1 is 1.25 bits per heavy atom. The van der Waals surface area contributed by atoms with Gasteiger partial charge in [0.2, 0.25) is 0 Å². The Labute approximate surface area is 172 Å². The molecular weight excluding hydrogens is 348 g/mol. The molecule has 3 heteroatoms. The van der Waals surface area contributed by atoms with Crippen molar-refractivity contribution in [2.24, 2.45) is 23.2 Å². The third-order valence-corrected chi connectivity index (χ3v) is 7.24. The minimum absolute atomic E-state index is 0.256. The molecule has 0 aliphatic heterocycles. The maximum absolute atomic E-state index is 9.99. The average molecular weight is 391 g/mol. The Morgan fingerprint density at radius 3 is 2.57 bits per heavy atom. The van der Waals surface area contributed by atoms with Crippen LogP contribution in [-0.2, 0) is 0 Å². The molecule has 2 aliphatic rings. The summed E-state index contributed by atoms with van der Waals surface area (Å²) >= 11 is 0. The third kappa shape index (κ3) is 6.05. The molecule has 3 N–H and O–H groups in total. The molecule has 0 aromatic carbocycles. The van der Waals surface area contributed by atoms with Gasteiger partial charge in [-0.15, -0.1) is 0 Å². The molecule has 0 amide bonds. The summed E-state index contributed by atoms with van der Waals surface area (Å²) in [4.78, 5) is 0. The van der Waals surface area contributed by atoms with Crippen LogP contribution in [0.2, 0.25) is 0 Å². The first-order chi connectivity index (χ1) is 12.9. The van der Waals surface area contributed by atoms with Crippen molar-refractivity contribution >= 4 is 0 Å². The normalized spacial score (nSPS) is 33.7. The summed E-state index contributed by atoms with van der Waals surface area (Å²) in [7, 11) is 0. The maximum atomic E-state index is 9.99. The molecule has 0 spiro atoms. The van der Waals surface area contributed by atoms with E-state index >= 15 is 0 Å². The molecular formula is C25H42O3. The van der Waals surface area contributed by atoms with Gasteiger partial charge in [-0.05, 0) is 73.8 Å². The summed E-state index contributed by atoms with van der Waals surface area (Å²) in [6.07, 6.45) is 11.9. The van der Waals surface area contributed by atoms with Crippen LogP contribution in [0.25, 0.3) is 0 Å². The van der Waals surface area contributed by atoms with Crippen LogP contribution in [-0.4, -0.2) is 33.1 Å². The van der Waals surface area contributed by atoms with Gasteiger partial charge in [0, 0.05) is 6.42 Å². The highest BCUT2D eigenvalue weighted by Crippen LogP contribution is 2.52. The second-order valence-electron chi connectivity index (χ2n) is 10.5. The lowest BCUT2D eigenvalue weighted by Crippen LogP contribution is -2.29. The molecule has 0 heterocycles. The lowest BCUT2D eigenvalue weighted by Gasteiger charge is -2.36. The van der Waals surface area contributed by atoms with E-state index in [0.717, 1.165) is 24.0 Å². The average Bonchev–Trinajstić information content (AvgIpc) is 2.85. The maximum Gasteiger partial charge on any atom is 0.0811 e. The van der Waals surface area contributed by atoms with E-state index in [1.165, 1.54) is 19.3 Å². The number of aliphatic hydroxyl groups excluding tert-OH is 2. The van der Waals surface area contributed by atoms with Crippen molar-refractivity contribution in [3.63, 3.8) is 0 Å². The fraction of sp³-hybridized carbons (Fsp3) is 0.760. The van der Waals surface area contributed by atoms with E-state index in [1.54, 1.807) is 0 Å². The minimum atomic E-state index is -0.625. The van der Waals surface area contributed by atoms with Gasteiger partial charge in [-0.2, -0.15) is 0 Å². The fourth-order valence-electron chi connectivity index (χ4n) is 5.36. The standard InChI is InChI=1S/C25H42O3/c1-17(9-8-14-24(3,4)28)22-13-12-20(25(22,5)6)11-7-10-19-15-21(26)16-23(27)18(19)2/h7,10-11,17,20-23,26-28H,2,8-9,12-16H2,1,3-6H3/b11-7+,19-10-/t17-,20?,21-,22-,23+/m1/s1. The van der Waals surface area contributed by atoms with Crippen molar-refractivity contribution < 1.29 is 15.3 Å². The third-order valence-electron chi connectivity index (χ3n) is 7.24. The molecule has 0 bridgehead atoms. The summed E-state index contributed by atoms with van der Waals surface area (Å²) in [6.45, 7) is 14.9. The number of hydrogen-bond acceptors (Lipinski definition) is 3. The van der Waals surface area contributed by atoms with Gasteiger partial charge in [0.1, 0.15) is 0 Å². The Kier molecular flexibility index (Phi) is 7.75. The summed E-state index contributed by atoms with van der Waals surface area (Å²) in [5, 5.41) is 29.8. The van der Waals surface area contributed by atoms with Crippen molar-refractivity contribution in [2.75, 3.05) is 0 Å². The van der Waals surface area contributed by atoms with E-state index in [9.17, 15) is 15.3 Å². The minimum Gasteiger partial charge on any atom is -0.393 e. The van der Waals surface area contributed by atoms with Crippen molar-refractivity contribution in [1.82, 2.24) is 0 Å². The summed E-state index contributed by atoms with van der Waals surface area (Å²) in [6, 6.07) is 0. The molecule has 5 atom stereocenters. The van der Waals surface area contributed by atoms with Gasteiger partial charge in [-0.3, -0.25) is 0 Å². The van der Waals surface area contributed by atoms with Gasteiger partial charge < -0.3 is 15.3 Å². The van der Waals surface area contributed by atoms with E-state index < -0.39 is 17.8 Å². The van der Waals surface area contributed by atoms with Crippen molar-refractivity contribution in [3.05, 3.63) is 36.0 Å². The van der Waals surface area contributed by atoms with Crippen LogP contribution < -0.4 is 0 Å². The highest BCUT2D eigenvalue weighted by Gasteiger charge is 2.43. The van der Waals surface area contributed by atoms with Crippen LogP contribution in [0.5, 0.6) is 0 Å². The topological polar surface area (TPSA) is 60.7 Å². The highest BCUT2D eigenvalue weighted by molar-refractivity contribution is 5.37. The van der Waals surface area contributed by atoms with Crippen LogP contribution in [0, 0.1) is 23.2 Å². The first-order valence-corrected chi connectivity index (χ1v) is 11.1. The Balaban J connectivity index is 1.95. The molecule has 2 rings (SSSR count). The van der Waals surface area contributed by atoms with Crippen LogP contribution >= 0.6 is 0 Å². The lowest BCUT2D eigenvalue weighted by molar-refractivity contribution is 0.0637. The van der Waals surface area contributed by atoms with Gasteiger partial charge in [-0.25, -0.2) is 0 Å². The van der Waals surface area contributed by atoms with Gasteiger partial charge in [-0.1, -0.05) is 58.4 Å². The predicted octanol–water partition coefficient (Wildman–Crippen LogP) is 5.17. The summed E-state index contributed by atoms with van der Waals surface area (Å²) in [5.41, 5.74) is 1.41. The molecule has 0 saturated heterocycles. The van der Waals surface area contributed by atoms with E-state index in [0.29, 0.717) is 30.6 Å². The second kappa shape index (κ2) is 9.28. The SMILES string of the molecule is C=C1/C(=C\C=C\C2CC[C@H]([C@H](C)CCCC(C)(C)O)C2(C)C)C[C@@H](O)C[C@@H]1O.